The Hall–Kier alpha value is -3.70. The van der Waals surface area contributed by atoms with Gasteiger partial charge in [0.1, 0.15) is 5.69 Å². The lowest BCUT2D eigenvalue weighted by Crippen LogP contribution is -2.40. The van der Waals surface area contributed by atoms with Crippen molar-refractivity contribution < 1.29 is 13.2 Å². The second kappa shape index (κ2) is 9.84. The van der Waals surface area contributed by atoms with Crippen LogP contribution in [0.25, 0.3) is 17.3 Å². The molecule has 1 aromatic carbocycles. The predicted molar refractivity (Wildman–Crippen MR) is 128 cm³/mol. The first-order valence-electron chi connectivity index (χ1n) is 10.6. The minimum Gasteiger partial charge on any atom is -0.324 e. The summed E-state index contributed by atoms with van der Waals surface area (Å²) in [5.74, 6) is 2.18. The summed E-state index contributed by atoms with van der Waals surface area (Å²) in [6.45, 7) is 0.644. The number of sulfone groups is 1. The molecule has 0 spiro atoms. The van der Waals surface area contributed by atoms with Crippen molar-refractivity contribution in [2.45, 2.75) is 19.0 Å². The van der Waals surface area contributed by atoms with Gasteiger partial charge in [0.25, 0.3) is 0 Å². The van der Waals surface area contributed by atoms with E-state index in [9.17, 15) is 13.2 Å². The number of aromatic nitrogens is 3. The van der Waals surface area contributed by atoms with E-state index in [4.69, 9.17) is 11.5 Å². The standard InChI is InChI=1S/C25H24N4O3S/c1-2-14-29(23-12-15-33(31,32)19-23)24(30)11-10-22-18-28(17-20-7-4-3-5-8-20)27-25(22)21-9-6-13-26-16-21/h1,3-11,13,16,18,23H,12,14-15,17,19H2/b11-10+. The first kappa shape index (κ1) is 22.5. The summed E-state index contributed by atoms with van der Waals surface area (Å²) < 4.78 is 25.6. The number of hydrogen-bond donors (Lipinski definition) is 0. The average molecular weight is 461 g/mol. The number of carbonyl (C=O) groups is 1. The van der Waals surface area contributed by atoms with Crippen molar-refractivity contribution in [3.8, 4) is 23.6 Å². The van der Waals surface area contributed by atoms with E-state index in [0.29, 0.717) is 18.7 Å². The smallest absolute Gasteiger partial charge is 0.247 e. The van der Waals surface area contributed by atoms with Crippen LogP contribution in [0.15, 0.2) is 67.1 Å². The van der Waals surface area contributed by atoms with E-state index in [2.05, 4.69) is 10.9 Å². The third-order valence-electron chi connectivity index (χ3n) is 5.51. The van der Waals surface area contributed by atoms with Crippen LogP contribution in [0.4, 0.5) is 0 Å². The lowest BCUT2D eigenvalue weighted by Gasteiger charge is -2.24. The molecule has 0 bridgehead atoms. The van der Waals surface area contributed by atoms with Crippen LogP contribution < -0.4 is 0 Å². The summed E-state index contributed by atoms with van der Waals surface area (Å²) in [6.07, 6.45) is 14.3. The summed E-state index contributed by atoms with van der Waals surface area (Å²) in [6, 6.07) is 13.3. The van der Waals surface area contributed by atoms with Gasteiger partial charge in [-0.2, -0.15) is 5.10 Å². The highest BCUT2D eigenvalue weighted by Gasteiger charge is 2.33. The fourth-order valence-corrected chi connectivity index (χ4v) is 5.63. The van der Waals surface area contributed by atoms with Crippen LogP contribution in [0.5, 0.6) is 0 Å². The molecular weight excluding hydrogens is 436 g/mol. The molecule has 3 aromatic rings. The van der Waals surface area contributed by atoms with Gasteiger partial charge in [0, 0.05) is 41.8 Å². The van der Waals surface area contributed by atoms with Gasteiger partial charge in [0.15, 0.2) is 9.84 Å². The number of benzene rings is 1. The van der Waals surface area contributed by atoms with Crippen LogP contribution >= 0.6 is 0 Å². The Bertz CT molecular complexity index is 1290. The van der Waals surface area contributed by atoms with Crippen molar-refractivity contribution in [1.82, 2.24) is 19.7 Å². The second-order valence-corrected chi connectivity index (χ2v) is 10.1. The minimum absolute atomic E-state index is 0.0514. The van der Waals surface area contributed by atoms with E-state index in [-0.39, 0.29) is 24.0 Å². The van der Waals surface area contributed by atoms with Gasteiger partial charge in [0.2, 0.25) is 5.91 Å². The average Bonchev–Trinajstić information content (AvgIpc) is 3.39. The second-order valence-electron chi connectivity index (χ2n) is 7.92. The zero-order chi connectivity index (χ0) is 23.3. The Morgan fingerprint density at radius 2 is 2.06 bits per heavy atom. The third kappa shape index (κ3) is 5.57. The summed E-state index contributed by atoms with van der Waals surface area (Å²) >= 11 is 0. The lowest BCUT2D eigenvalue weighted by molar-refractivity contribution is -0.127. The molecule has 4 rings (SSSR count). The zero-order valence-corrected chi connectivity index (χ0v) is 18.9. The van der Waals surface area contributed by atoms with E-state index in [1.807, 2.05) is 53.3 Å². The van der Waals surface area contributed by atoms with Gasteiger partial charge in [0.05, 0.1) is 24.6 Å². The molecule has 7 nitrogen and oxygen atoms in total. The molecule has 3 heterocycles. The molecule has 1 amide bonds. The number of nitrogens with zero attached hydrogens (tertiary/aromatic N) is 4. The van der Waals surface area contributed by atoms with Gasteiger partial charge < -0.3 is 4.90 Å². The highest BCUT2D eigenvalue weighted by Crippen LogP contribution is 2.24. The van der Waals surface area contributed by atoms with Gasteiger partial charge in [-0.15, -0.1) is 6.42 Å². The van der Waals surface area contributed by atoms with E-state index in [1.54, 1.807) is 18.5 Å². The van der Waals surface area contributed by atoms with E-state index in [1.165, 1.54) is 11.0 Å². The number of carbonyl (C=O) groups excluding carboxylic acids is 1. The normalized spacial score (nSPS) is 17.1. The topological polar surface area (TPSA) is 85.2 Å². The fourth-order valence-electron chi connectivity index (χ4n) is 3.90. The largest absolute Gasteiger partial charge is 0.324 e. The Morgan fingerprint density at radius 3 is 2.73 bits per heavy atom. The van der Waals surface area contributed by atoms with E-state index in [0.717, 1.165) is 16.7 Å². The van der Waals surface area contributed by atoms with Crippen LogP contribution in [0.1, 0.15) is 17.5 Å². The Labute approximate surface area is 193 Å². The molecule has 0 saturated carbocycles. The summed E-state index contributed by atoms with van der Waals surface area (Å²) in [7, 11) is -3.14. The monoisotopic (exact) mass is 460 g/mol. The maximum absolute atomic E-state index is 13.0. The number of hydrogen-bond acceptors (Lipinski definition) is 5. The summed E-state index contributed by atoms with van der Waals surface area (Å²) in [5.41, 5.74) is 3.40. The summed E-state index contributed by atoms with van der Waals surface area (Å²) in [5, 5.41) is 4.72. The molecule has 33 heavy (non-hydrogen) atoms. The van der Waals surface area contributed by atoms with Gasteiger partial charge in [-0.25, -0.2) is 8.42 Å². The van der Waals surface area contributed by atoms with Crippen LogP contribution in [0.2, 0.25) is 0 Å². The molecule has 1 aliphatic rings. The first-order chi connectivity index (χ1) is 15.9. The molecule has 1 unspecified atom stereocenters. The molecule has 2 aromatic heterocycles. The van der Waals surface area contributed by atoms with Gasteiger partial charge in [-0.05, 0) is 30.2 Å². The van der Waals surface area contributed by atoms with Crippen molar-refractivity contribution in [3.63, 3.8) is 0 Å². The van der Waals surface area contributed by atoms with Gasteiger partial charge in [-0.1, -0.05) is 36.3 Å². The number of amides is 1. The van der Waals surface area contributed by atoms with Gasteiger partial charge >= 0.3 is 0 Å². The van der Waals surface area contributed by atoms with E-state index >= 15 is 0 Å². The molecule has 1 aliphatic heterocycles. The van der Waals surface area contributed by atoms with Crippen molar-refractivity contribution in [2.75, 3.05) is 18.1 Å². The molecule has 0 N–H and O–H groups in total. The molecule has 168 valence electrons. The van der Waals surface area contributed by atoms with Crippen LogP contribution in [-0.4, -0.2) is 58.1 Å². The zero-order valence-electron chi connectivity index (χ0n) is 18.0. The molecule has 1 atom stereocenters. The van der Waals surface area contributed by atoms with Crippen LogP contribution in [-0.2, 0) is 21.2 Å². The van der Waals surface area contributed by atoms with Crippen molar-refractivity contribution in [3.05, 3.63) is 78.3 Å². The lowest BCUT2D eigenvalue weighted by atomic mass is 10.1. The Balaban J connectivity index is 1.61. The maximum atomic E-state index is 13.0. The number of terminal acetylenes is 1. The highest BCUT2D eigenvalue weighted by molar-refractivity contribution is 7.91. The third-order valence-corrected chi connectivity index (χ3v) is 7.26. The Morgan fingerprint density at radius 1 is 1.24 bits per heavy atom. The van der Waals surface area contributed by atoms with E-state index < -0.39 is 15.9 Å². The van der Waals surface area contributed by atoms with Crippen LogP contribution in [0.3, 0.4) is 0 Å². The molecule has 0 radical (unpaired) electrons. The maximum Gasteiger partial charge on any atom is 0.247 e. The van der Waals surface area contributed by atoms with Crippen molar-refractivity contribution in [2.24, 2.45) is 0 Å². The SMILES string of the molecule is C#CCN(C(=O)/C=C/c1cn(Cc2ccccc2)nc1-c1cccnc1)C1CCS(=O)(=O)C1. The molecule has 1 fully saturated rings. The molecule has 1 saturated heterocycles. The minimum atomic E-state index is -3.14. The van der Waals surface area contributed by atoms with Crippen molar-refractivity contribution >= 4 is 21.8 Å². The highest BCUT2D eigenvalue weighted by atomic mass is 32.2. The number of pyridine rings is 1. The predicted octanol–water partition coefficient (Wildman–Crippen LogP) is 2.66. The van der Waals surface area contributed by atoms with Crippen LogP contribution in [0, 0.1) is 12.3 Å². The molecule has 8 heteroatoms. The number of rotatable bonds is 7. The molecule has 0 aliphatic carbocycles. The quantitative estimate of drug-likeness (QED) is 0.400. The summed E-state index contributed by atoms with van der Waals surface area (Å²) in [4.78, 5) is 18.6. The fraction of sp³-hybridized carbons (Fsp3) is 0.240. The van der Waals surface area contributed by atoms with Gasteiger partial charge in [-0.3, -0.25) is 14.5 Å². The Kier molecular flexibility index (Phi) is 6.71. The van der Waals surface area contributed by atoms with Crippen molar-refractivity contribution in [1.29, 1.82) is 0 Å². The first-order valence-corrected chi connectivity index (χ1v) is 12.4. The molecular formula is C25H24N4O3S.